The molecule has 1 amide bonds. The van der Waals surface area contributed by atoms with E-state index in [0.29, 0.717) is 12.5 Å². The minimum absolute atomic E-state index is 0.0439. The summed E-state index contributed by atoms with van der Waals surface area (Å²) in [5, 5.41) is 3.13. The molecule has 0 radical (unpaired) electrons. The molecular formula is C25H36FN5O. The minimum atomic E-state index is -0.278. The molecular weight excluding hydrogens is 405 g/mol. The van der Waals surface area contributed by atoms with E-state index in [4.69, 9.17) is 0 Å². The predicted molar refractivity (Wildman–Crippen MR) is 127 cm³/mol. The highest BCUT2D eigenvalue weighted by Crippen LogP contribution is 2.23. The van der Waals surface area contributed by atoms with Crippen LogP contribution in [-0.2, 0) is 4.79 Å². The van der Waals surface area contributed by atoms with Gasteiger partial charge in [0.15, 0.2) is 0 Å². The molecule has 0 bridgehead atoms. The molecule has 32 heavy (non-hydrogen) atoms. The first-order valence-corrected chi connectivity index (χ1v) is 11.9. The highest BCUT2D eigenvalue weighted by atomic mass is 19.1. The zero-order valence-corrected chi connectivity index (χ0v) is 19.4. The smallest absolute Gasteiger partial charge is 0.225 e. The number of halogens is 1. The molecule has 1 atom stereocenters. The van der Waals surface area contributed by atoms with Crippen molar-refractivity contribution >= 4 is 11.9 Å². The van der Waals surface area contributed by atoms with Gasteiger partial charge in [0, 0.05) is 37.6 Å². The summed E-state index contributed by atoms with van der Waals surface area (Å²) < 4.78 is 13.5. The van der Waals surface area contributed by atoms with E-state index < -0.39 is 0 Å². The summed E-state index contributed by atoms with van der Waals surface area (Å²) in [4.78, 5) is 26.2. The van der Waals surface area contributed by atoms with E-state index in [9.17, 15) is 9.18 Å². The van der Waals surface area contributed by atoms with Crippen molar-refractivity contribution in [1.82, 2.24) is 20.2 Å². The summed E-state index contributed by atoms with van der Waals surface area (Å²) in [7, 11) is 0. The van der Waals surface area contributed by atoms with Crippen LogP contribution in [0, 0.1) is 11.7 Å². The molecule has 1 aromatic carbocycles. The number of rotatable bonds is 11. The van der Waals surface area contributed by atoms with Gasteiger partial charge in [0.1, 0.15) is 5.82 Å². The maximum Gasteiger partial charge on any atom is 0.225 e. The first kappa shape index (κ1) is 24.1. The van der Waals surface area contributed by atoms with Gasteiger partial charge in [-0.05, 0) is 69.4 Å². The lowest BCUT2D eigenvalue weighted by atomic mass is 9.97. The van der Waals surface area contributed by atoms with E-state index in [-0.39, 0.29) is 17.6 Å². The first-order valence-electron chi connectivity index (χ1n) is 11.9. The van der Waals surface area contributed by atoms with Crippen LogP contribution in [0.25, 0.3) is 11.1 Å². The number of nitrogens with one attached hydrogen (secondary N) is 1. The van der Waals surface area contributed by atoms with Crippen LogP contribution < -0.4 is 10.2 Å². The average molecular weight is 442 g/mol. The van der Waals surface area contributed by atoms with Crippen molar-refractivity contribution in [3.63, 3.8) is 0 Å². The van der Waals surface area contributed by atoms with Gasteiger partial charge in [0.25, 0.3) is 0 Å². The van der Waals surface area contributed by atoms with Crippen LogP contribution in [0.2, 0.25) is 0 Å². The van der Waals surface area contributed by atoms with Crippen LogP contribution in [0.3, 0.4) is 0 Å². The fourth-order valence-corrected chi connectivity index (χ4v) is 4.30. The zero-order valence-electron chi connectivity index (χ0n) is 19.4. The number of carbonyl (C=O) groups is 1. The maximum atomic E-state index is 13.5. The highest BCUT2D eigenvalue weighted by Gasteiger charge is 2.27. The SMILES string of the molecule is CCCN(CCC)CCCNC(=O)C1CCCN(c2ncc(-c3cccc(F)c3)cn2)C1. The van der Waals surface area contributed by atoms with E-state index in [1.54, 1.807) is 18.5 Å². The molecule has 0 saturated carbocycles. The van der Waals surface area contributed by atoms with Gasteiger partial charge in [-0.1, -0.05) is 26.0 Å². The number of aromatic nitrogens is 2. The maximum absolute atomic E-state index is 13.5. The van der Waals surface area contributed by atoms with Gasteiger partial charge in [0.05, 0.1) is 5.92 Å². The summed E-state index contributed by atoms with van der Waals surface area (Å²) in [6.07, 6.45) is 8.58. The van der Waals surface area contributed by atoms with Gasteiger partial charge in [-0.3, -0.25) is 4.79 Å². The molecule has 1 aliphatic heterocycles. The highest BCUT2D eigenvalue weighted by molar-refractivity contribution is 5.79. The fourth-order valence-electron chi connectivity index (χ4n) is 4.30. The molecule has 1 N–H and O–H groups in total. The second-order valence-corrected chi connectivity index (χ2v) is 8.55. The van der Waals surface area contributed by atoms with E-state index >= 15 is 0 Å². The lowest BCUT2D eigenvalue weighted by molar-refractivity contribution is -0.125. The molecule has 0 aliphatic carbocycles. The van der Waals surface area contributed by atoms with E-state index in [1.165, 1.54) is 12.1 Å². The summed E-state index contributed by atoms with van der Waals surface area (Å²) in [5.74, 6) is 0.429. The van der Waals surface area contributed by atoms with E-state index in [1.807, 2.05) is 6.07 Å². The quantitative estimate of drug-likeness (QED) is 0.532. The number of amides is 1. The standard InChI is InChI=1S/C25H36FN5O/c1-3-12-30(13-4-2)14-7-11-27-24(32)21-9-6-15-31(19-21)25-28-17-22(18-29-25)20-8-5-10-23(26)16-20/h5,8,10,16-18,21H,3-4,6-7,9,11-15,19H2,1-2H3,(H,27,32). The Morgan fingerprint density at radius 1 is 1.16 bits per heavy atom. The molecule has 1 aromatic heterocycles. The monoisotopic (exact) mass is 441 g/mol. The van der Waals surface area contributed by atoms with Crippen molar-refractivity contribution in [3.8, 4) is 11.1 Å². The fraction of sp³-hybridized carbons (Fsp3) is 0.560. The molecule has 1 aliphatic rings. The Hall–Kier alpha value is -2.54. The van der Waals surface area contributed by atoms with Crippen LogP contribution >= 0.6 is 0 Å². The van der Waals surface area contributed by atoms with Crippen molar-refractivity contribution < 1.29 is 9.18 Å². The summed E-state index contributed by atoms with van der Waals surface area (Å²) >= 11 is 0. The molecule has 7 heteroatoms. The van der Waals surface area contributed by atoms with Crippen LogP contribution in [0.1, 0.15) is 46.0 Å². The Morgan fingerprint density at radius 2 is 1.91 bits per heavy atom. The Kier molecular flexibility index (Phi) is 9.41. The Balaban J connectivity index is 1.48. The molecule has 1 fully saturated rings. The molecule has 2 aromatic rings. The van der Waals surface area contributed by atoms with E-state index in [2.05, 4.69) is 38.9 Å². The average Bonchev–Trinajstić information content (AvgIpc) is 2.82. The number of benzene rings is 1. The van der Waals surface area contributed by atoms with Crippen molar-refractivity contribution in [2.75, 3.05) is 44.2 Å². The van der Waals surface area contributed by atoms with Gasteiger partial charge in [-0.2, -0.15) is 0 Å². The van der Waals surface area contributed by atoms with Crippen LogP contribution in [0.4, 0.5) is 10.3 Å². The number of carbonyl (C=O) groups excluding carboxylic acids is 1. The van der Waals surface area contributed by atoms with Gasteiger partial charge in [0.2, 0.25) is 11.9 Å². The second-order valence-electron chi connectivity index (χ2n) is 8.55. The Labute approximate surface area is 191 Å². The number of piperidine rings is 1. The molecule has 1 saturated heterocycles. The zero-order chi connectivity index (χ0) is 22.8. The summed E-state index contributed by atoms with van der Waals surface area (Å²) in [6, 6.07) is 6.41. The van der Waals surface area contributed by atoms with Crippen molar-refractivity contribution in [2.24, 2.45) is 5.92 Å². The van der Waals surface area contributed by atoms with Crippen molar-refractivity contribution in [3.05, 3.63) is 42.5 Å². The molecule has 2 heterocycles. The van der Waals surface area contributed by atoms with Crippen LogP contribution in [0.15, 0.2) is 36.7 Å². The topological polar surface area (TPSA) is 61.4 Å². The predicted octanol–water partition coefficient (Wildman–Crippen LogP) is 4.13. The van der Waals surface area contributed by atoms with Crippen LogP contribution in [-0.4, -0.2) is 60.0 Å². The van der Waals surface area contributed by atoms with Gasteiger partial charge < -0.3 is 15.1 Å². The lowest BCUT2D eigenvalue weighted by Gasteiger charge is -2.32. The summed E-state index contributed by atoms with van der Waals surface area (Å²) in [6.45, 7) is 9.88. The van der Waals surface area contributed by atoms with E-state index in [0.717, 1.165) is 76.0 Å². The Morgan fingerprint density at radius 3 is 2.59 bits per heavy atom. The number of anilines is 1. The Bertz CT molecular complexity index is 838. The third-order valence-electron chi connectivity index (χ3n) is 5.90. The van der Waals surface area contributed by atoms with Gasteiger partial charge in [-0.25, -0.2) is 14.4 Å². The molecule has 6 nitrogen and oxygen atoms in total. The largest absolute Gasteiger partial charge is 0.356 e. The number of hydrogen-bond donors (Lipinski definition) is 1. The number of nitrogens with zero attached hydrogens (tertiary/aromatic N) is 4. The van der Waals surface area contributed by atoms with Crippen molar-refractivity contribution in [2.45, 2.75) is 46.0 Å². The second kappa shape index (κ2) is 12.5. The molecule has 3 rings (SSSR count). The molecule has 0 spiro atoms. The molecule has 1 unspecified atom stereocenters. The lowest BCUT2D eigenvalue weighted by Crippen LogP contribution is -2.44. The molecule has 174 valence electrons. The summed E-state index contributed by atoms with van der Waals surface area (Å²) in [5.41, 5.74) is 1.53. The third-order valence-corrected chi connectivity index (χ3v) is 5.90. The van der Waals surface area contributed by atoms with Gasteiger partial charge >= 0.3 is 0 Å². The third kappa shape index (κ3) is 6.99. The number of hydrogen-bond acceptors (Lipinski definition) is 5. The van der Waals surface area contributed by atoms with Gasteiger partial charge in [-0.15, -0.1) is 0 Å². The van der Waals surface area contributed by atoms with Crippen molar-refractivity contribution in [1.29, 1.82) is 0 Å². The first-order chi connectivity index (χ1) is 15.6. The minimum Gasteiger partial charge on any atom is -0.356 e. The van der Waals surface area contributed by atoms with Crippen LogP contribution in [0.5, 0.6) is 0 Å². The normalized spacial score (nSPS) is 16.4.